The Hall–Kier alpha value is -2.42. The summed E-state index contributed by atoms with van der Waals surface area (Å²) in [7, 11) is 1.15. The summed E-state index contributed by atoms with van der Waals surface area (Å²) < 4.78 is 40.8. The zero-order chi connectivity index (χ0) is 18.4. The van der Waals surface area contributed by atoms with Gasteiger partial charge in [0.2, 0.25) is 0 Å². The molecule has 132 valence electrons. The first-order chi connectivity index (χ1) is 11.7. The lowest BCUT2D eigenvalue weighted by atomic mass is 10.2. The summed E-state index contributed by atoms with van der Waals surface area (Å²) in [6, 6.07) is 5.06. The number of rotatable bonds is 3. The molecule has 0 saturated heterocycles. The van der Waals surface area contributed by atoms with Crippen LogP contribution in [0.3, 0.4) is 0 Å². The van der Waals surface area contributed by atoms with E-state index < -0.39 is 23.3 Å². The molecule has 0 aliphatic rings. The third-order valence-electron chi connectivity index (χ3n) is 3.61. The van der Waals surface area contributed by atoms with E-state index in [-0.39, 0.29) is 5.92 Å². The van der Waals surface area contributed by atoms with Crippen LogP contribution in [-0.2, 0) is 13.2 Å². The van der Waals surface area contributed by atoms with Crippen LogP contribution in [0.2, 0.25) is 0 Å². The van der Waals surface area contributed by atoms with Crippen molar-refractivity contribution in [3.63, 3.8) is 0 Å². The SMILES string of the molecule is CC(C)c1nc2ccc(NC(=O)c3cnn(C)c3C(F)(F)F)cc2s1. The van der Waals surface area contributed by atoms with E-state index >= 15 is 0 Å². The number of carbonyl (C=O) groups excluding carboxylic acids is 1. The summed E-state index contributed by atoms with van der Waals surface area (Å²) in [5.74, 6) is -0.575. The summed E-state index contributed by atoms with van der Waals surface area (Å²) in [4.78, 5) is 16.8. The van der Waals surface area contributed by atoms with Crippen LogP contribution in [0.25, 0.3) is 10.2 Å². The lowest BCUT2D eigenvalue weighted by Gasteiger charge is -2.10. The van der Waals surface area contributed by atoms with Crippen molar-refractivity contribution < 1.29 is 18.0 Å². The van der Waals surface area contributed by atoms with Gasteiger partial charge in [-0.05, 0) is 18.2 Å². The second kappa shape index (κ2) is 6.14. The molecule has 25 heavy (non-hydrogen) atoms. The van der Waals surface area contributed by atoms with Crippen molar-refractivity contribution in [1.82, 2.24) is 14.8 Å². The molecule has 0 bridgehead atoms. The van der Waals surface area contributed by atoms with E-state index in [1.807, 2.05) is 13.8 Å². The summed E-state index contributed by atoms with van der Waals surface area (Å²) in [5, 5.41) is 7.01. The number of halogens is 3. The maximum absolute atomic E-state index is 13.1. The highest BCUT2D eigenvalue weighted by molar-refractivity contribution is 7.18. The molecule has 1 aromatic carbocycles. The van der Waals surface area contributed by atoms with Crippen LogP contribution in [-0.4, -0.2) is 20.7 Å². The van der Waals surface area contributed by atoms with E-state index in [2.05, 4.69) is 15.4 Å². The van der Waals surface area contributed by atoms with Gasteiger partial charge >= 0.3 is 6.18 Å². The van der Waals surface area contributed by atoms with E-state index in [9.17, 15) is 18.0 Å². The van der Waals surface area contributed by atoms with Gasteiger partial charge in [-0.25, -0.2) is 4.98 Å². The fourth-order valence-corrected chi connectivity index (χ4v) is 3.41. The Morgan fingerprint density at radius 1 is 1.32 bits per heavy atom. The molecule has 1 N–H and O–H groups in total. The standard InChI is InChI=1S/C16H15F3N4OS/c1-8(2)15-22-11-5-4-9(6-12(11)25-15)21-14(24)10-7-20-23(3)13(10)16(17,18)19/h4-8H,1-3H3,(H,21,24). The van der Waals surface area contributed by atoms with Crippen LogP contribution in [0.15, 0.2) is 24.4 Å². The number of hydrogen-bond donors (Lipinski definition) is 1. The van der Waals surface area contributed by atoms with Crippen molar-refractivity contribution >= 4 is 33.1 Å². The molecule has 3 aromatic rings. The van der Waals surface area contributed by atoms with E-state index in [0.717, 1.165) is 28.5 Å². The van der Waals surface area contributed by atoms with Crippen LogP contribution in [0.5, 0.6) is 0 Å². The Kier molecular flexibility index (Phi) is 4.28. The van der Waals surface area contributed by atoms with E-state index in [1.165, 1.54) is 11.3 Å². The molecule has 0 unspecified atom stereocenters. The molecule has 9 heteroatoms. The lowest BCUT2D eigenvalue weighted by Crippen LogP contribution is -2.20. The van der Waals surface area contributed by atoms with Gasteiger partial charge in [-0.15, -0.1) is 11.3 Å². The Balaban J connectivity index is 1.90. The number of thiazole rings is 1. The summed E-state index contributed by atoms with van der Waals surface area (Å²) in [5.41, 5.74) is -0.384. The molecule has 5 nitrogen and oxygen atoms in total. The second-order valence-corrected chi connectivity index (χ2v) is 6.93. The first kappa shape index (κ1) is 17.4. The van der Waals surface area contributed by atoms with Crippen LogP contribution < -0.4 is 5.32 Å². The molecule has 0 atom stereocenters. The van der Waals surface area contributed by atoms with Crippen LogP contribution in [0.1, 0.15) is 40.8 Å². The van der Waals surface area contributed by atoms with Gasteiger partial charge in [0, 0.05) is 18.7 Å². The van der Waals surface area contributed by atoms with Crippen LogP contribution >= 0.6 is 11.3 Å². The number of carbonyl (C=O) groups is 1. The normalized spacial score (nSPS) is 12.1. The number of nitrogens with one attached hydrogen (secondary N) is 1. The van der Waals surface area contributed by atoms with Gasteiger partial charge in [-0.3, -0.25) is 9.48 Å². The molecule has 3 rings (SSSR count). The Morgan fingerprint density at radius 3 is 2.68 bits per heavy atom. The number of aryl methyl sites for hydroxylation is 1. The van der Waals surface area contributed by atoms with Gasteiger partial charge in [0.25, 0.3) is 5.91 Å². The number of aromatic nitrogens is 3. The highest BCUT2D eigenvalue weighted by Crippen LogP contribution is 2.32. The van der Waals surface area contributed by atoms with E-state index in [1.54, 1.807) is 18.2 Å². The number of fused-ring (bicyclic) bond motifs is 1. The maximum atomic E-state index is 13.1. The topological polar surface area (TPSA) is 59.8 Å². The minimum absolute atomic E-state index is 0.278. The number of alkyl halides is 3. The minimum atomic E-state index is -4.66. The van der Waals surface area contributed by atoms with Crippen molar-refractivity contribution in [1.29, 1.82) is 0 Å². The molecule has 0 fully saturated rings. The average molecular weight is 368 g/mol. The first-order valence-corrected chi connectivity index (χ1v) is 8.29. The molecular weight excluding hydrogens is 353 g/mol. The van der Waals surface area contributed by atoms with Crippen molar-refractivity contribution in [2.24, 2.45) is 7.05 Å². The Labute approximate surface area is 145 Å². The van der Waals surface area contributed by atoms with Gasteiger partial charge in [-0.2, -0.15) is 18.3 Å². The average Bonchev–Trinajstić information content (AvgIpc) is 3.09. The van der Waals surface area contributed by atoms with Gasteiger partial charge in [0.15, 0.2) is 5.69 Å². The fourth-order valence-electron chi connectivity index (χ4n) is 2.41. The predicted molar refractivity (Wildman–Crippen MR) is 89.9 cm³/mol. The molecule has 0 aliphatic heterocycles. The van der Waals surface area contributed by atoms with Crippen LogP contribution in [0, 0.1) is 0 Å². The number of anilines is 1. The van der Waals surface area contributed by atoms with Crippen molar-refractivity contribution in [2.75, 3.05) is 5.32 Å². The highest BCUT2D eigenvalue weighted by atomic mass is 32.1. The molecule has 0 aliphatic carbocycles. The molecule has 0 radical (unpaired) electrons. The van der Waals surface area contributed by atoms with Gasteiger partial charge < -0.3 is 5.32 Å². The lowest BCUT2D eigenvalue weighted by molar-refractivity contribution is -0.144. The first-order valence-electron chi connectivity index (χ1n) is 7.48. The van der Waals surface area contributed by atoms with Crippen molar-refractivity contribution in [2.45, 2.75) is 25.9 Å². The summed E-state index contributed by atoms with van der Waals surface area (Å²) >= 11 is 1.50. The third kappa shape index (κ3) is 3.37. The van der Waals surface area contributed by atoms with Crippen molar-refractivity contribution in [3.8, 4) is 0 Å². The molecule has 2 aromatic heterocycles. The molecular formula is C16H15F3N4OS. The number of benzene rings is 1. The third-order valence-corrected chi connectivity index (χ3v) is 4.93. The van der Waals surface area contributed by atoms with Crippen LogP contribution in [0.4, 0.5) is 18.9 Å². The number of hydrogen-bond acceptors (Lipinski definition) is 4. The monoisotopic (exact) mass is 368 g/mol. The Morgan fingerprint density at radius 2 is 2.04 bits per heavy atom. The Bertz CT molecular complexity index is 943. The summed E-state index contributed by atoms with van der Waals surface area (Å²) in [6.07, 6.45) is -3.74. The van der Waals surface area contributed by atoms with Crippen molar-refractivity contribution in [3.05, 3.63) is 40.7 Å². The number of amides is 1. The summed E-state index contributed by atoms with van der Waals surface area (Å²) in [6.45, 7) is 4.06. The van der Waals surface area contributed by atoms with E-state index in [4.69, 9.17) is 0 Å². The highest BCUT2D eigenvalue weighted by Gasteiger charge is 2.39. The molecule has 0 spiro atoms. The van der Waals surface area contributed by atoms with Gasteiger partial charge in [0.05, 0.1) is 27.0 Å². The van der Waals surface area contributed by atoms with Gasteiger partial charge in [-0.1, -0.05) is 13.8 Å². The second-order valence-electron chi connectivity index (χ2n) is 5.87. The predicted octanol–water partition coefficient (Wildman–Crippen LogP) is 4.42. The molecule has 1 amide bonds. The fraction of sp³-hybridized carbons (Fsp3) is 0.312. The van der Waals surface area contributed by atoms with E-state index in [0.29, 0.717) is 10.4 Å². The number of nitrogens with zero attached hydrogens (tertiary/aromatic N) is 3. The molecule has 0 saturated carbocycles. The molecule has 2 heterocycles. The zero-order valence-corrected chi connectivity index (χ0v) is 14.5. The zero-order valence-electron chi connectivity index (χ0n) is 13.7. The minimum Gasteiger partial charge on any atom is -0.322 e. The largest absolute Gasteiger partial charge is 0.433 e. The van der Waals surface area contributed by atoms with Gasteiger partial charge in [0.1, 0.15) is 0 Å². The quantitative estimate of drug-likeness (QED) is 0.744. The smallest absolute Gasteiger partial charge is 0.322 e. The maximum Gasteiger partial charge on any atom is 0.433 e.